The number of phenolic OH excluding ortho intramolecular Hbond substituents is 1. The van der Waals surface area contributed by atoms with Crippen molar-refractivity contribution in [3.63, 3.8) is 0 Å². The van der Waals surface area contributed by atoms with Gasteiger partial charge in [0.2, 0.25) is 0 Å². The highest BCUT2D eigenvalue weighted by Gasteiger charge is 2.25. The van der Waals surface area contributed by atoms with Gasteiger partial charge in [0, 0.05) is 25.3 Å². The van der Waals surface area contributed by atoms with E-state index in [-0.39, 0.29) is 5.75 Å². The lowest BCUT2D eigenvalue weighted by atomic mass is 9.98. The highest BCUT2D eigenvalue weighted by atomic mass is 16.5. The molecule has 1 aromatic rings. The van der Waals surface area contributed by atoms with Crippen LogP contribution in [0.2, 0.25) is 0 Å². The molecule has 0 aliphatic heterocycles. The molecule has 0 aromatic heterocycles. The van der Waals surface area contributed by atoms with Crippen LogP contribution in [0.3, 0.4) is 0 Å². The molecule has 1 fully saturated rings. The summed E-state index contributed by atoms with van der Waals surface area (Å²) in [5.41, 5.74) is 0.740. The molecular weight excluding hydrogens is 342 g/mol. The zero-order valence-electron chi connectivity index (χ0n) is 17.0. The number of aliphatic imine (C=N–C) groups is 1. The first-order valence-corrected chi connectivity index (χ1v) is 10.2. The maximum absolute atomic E-state index is 10.0. The van der Waals surface area contributed by atoms with E-state index in [1.54, 1.807) is 19.2 Å². The molecule has 27 heavy (non-hydrogen) atoms. The Balaban J connectivity index is 1.90. The van der Waals surface area contributed by atoms with Crippen molar-refractivity contribution < 1.29 is 14.6 Å². The first kappa shape index (κ1) is 21.4. The lowest BCUT2D eigenvalue weighted by Crippen LogP contribution is -2.39. The summed E-state index contributed by atoms with van der Waals surface area (Å²) < 4.78 is 11.2. The SMILES string of the molecule is CCNC(=NCc1cc(OC)ccc1O)NCCC(OCC)C1CCCC1. The third kappa shape index (κ3) is 6.94. The van der Waals surface area contributed by atoms with Gasteiger partial charge in [0.25, 0.3) is 0 Å². The smallest absolute Gasteiger partial charge is 0.191 e. The average Bonchev–Trinajstić information content (AvgIpc) is 3.21. The van der Waals surface area contributed by atoms with E-state index in [9.17, 15) is 5.11 Å². The number of aromatic hydroxyl groups is 1. The minimum Gasteiger partial charge on any atom is -0.508 e. The van der Waals surface area contributed by atoms with Crippen LogP contribution in [0.4, 0.5) is 0 Å². The molecule has 1 unspecified atom stereocenters. The number of phenols is 1. The van der Waals surface area contributed by atoms with E-state index in [1.807, 2.05) is 13.0 Å². The maximum atomic E-state index is 10.0. The Morgan fingerprint density at radius 1 is 1.26 bits per heavy atom. The number of nitrogens with one attached hydrogen (secondary N) is 2. The molecule has 0 amide bonds. The van der Waals surface area contributed by atoms with Crippen LogP contribution in [0.5, 0.6) is 11.5 Å². The zero-order valence-corrected chi connectivity index (χ0v) is 17.0. The summed E-state index contributed by atoms with van der Waals surface area (Å²) in [6, 6.07) is 5.19. The number of rotatable bonds is 10. The molecule has 3 N–H and O–H groups in total. The molecule has 152 valence electrons. The van der Waals surface area contributed by atoms with Crippen LogP contribution in [-0.4, -0.2) is 44.0 Å². The quantitative estimate of drug-likeness (QED) is 0.430. The van der Waals surface area contributed by atoms with E-state index in [0.717, 1.165) is 37.6 Å². The Kier molecular flexibility index (Phi) is 9.25. The van der Waals surface area contributed by atoms with Gasteiger partial charge < -0.3 is 25.2 Å². The molecule has 1 atom stereocenters. The summed E-state index contributed by atoms with van der Waals surface area (Å²) >= 11 is 0. The highest BCUT2D eigenvalue weighted by molar-refractivity contribution is 5.79. The van der Waals surface area contributed by atoms with Crippen molar-refractivity contribution in [2.24, 2.45) is 10.9 Å². The van der Waals surface area contributed by atoms with Crippen molar-refractivity contribution in [2.75, 3.05) is 26.8 Å². The van der Waals surface area contributed by atoms with Gasteiger partial charge in [-0.15, -0.1) is 0 Å². The van der Waals surface area contributed by atoms with E-state index in [1.165, 1.54) is 25.7 Å². The second-order valence-corrected chi connectivity index (χ2v) is 6.94. The van der Waals surface area contributed by atoms with Gasteiger partial charge >= 0.3 is 0 Å². The van der Waals surface area contributed by atoms with Crippen molar-refractivity contribution in [2.45, 2.75) is 58.6 Å². The third-order valence-corrected chi connectivity index (χ3v) is 5.07. The molecule has 0 spiro atoms. The van der Waals surface area contributed by atoms with Crippen LogP contribution in [0.25, 0.3) is 0 Å². The molecule has 0 saturated heterocycles. The van der Waals surface area contributed by atoms with Gasteiger partial charge in [-0.1, -0.05) is 12.8 Å². The topological polar surface area (TPSA) is 75.1 Å². The van der Waals surface area contributed by atoms with Crippen LogP contribution in [-0.2, 0) is 11.3 Å². The fraction of sp³-hybridized carbons (Fsp3) is 0.667. The monoisotopic (exact) mass is 377 g/mol. The highest BCUT2D eigenvalue weighted by Crippen LogP contribution is 2.30. The van der Waals surface area contributed by atoms with Crippen molar-refractivity contribution in [3.05, 3.63) is 23.8 Å². The zero-order chi connectivity index (χ0) is 19.5. The Morgan fingerprint density at radius 2 is 2.04 bits per heavy atom. The number of hydrogen-bond donors (Lipinski definition) is 3. The second kappa shape index (κ2) is 11.7. The molecule has 0 radical (unpaired) electrons. The summed E-state index contributed by atoms with van der Waals surface area (Å²) in [4.78, 5) is 4.60. The summed E-state index contributed by atoms with van der Waals surface area (Å²) in [6.07, 6.45) is 6.54. The number of ether oxygens (including phenoxy) is 2. The first-order chi connectivity index (χ1) is 13.2. The third-order valence-electron chi connectivity index (χ3n) is 5.07. The van der Waals surface area contributed by atoms with Crippen molar-refractivity contribution in [1.82, 2.24) is 10.6 Å². The number of hydrogen-bond acceptors (Lipinski definition) is 4. The fourth-order valence-electron chi connectivity index (χ4n) is 3.65. The van der Waals surface area contributed by atoms with Gasteiger partial charge in [-0.3, -0.25) is 0 Å². The number of benzene rings is 1. The number of guanidine groups is 1. The normalized spacial score (nSPS) is 16.3. The Morgan fingerprint density at radius 3 is 2.70 bits per heavy atom. The van der Waals surface area contributed by atoms with E-state index in [2.05, 4.69) is 22.5 Å². The van der Waals surface area contributed by atoms with E-state index in [4.69, 9.17) is 9.47 Å². The van der Waals surface area contributed by atoms with E-state index < -0.39 is 0 Å². The molecule has 1 aromatic carbocycles. The summed E-state index contributed by atoms with van der Waals surface area (Å²) in [7, 11) is 1.62. The second-order valence-electron chi connectivity index (χ2n) is 6.94. The van der Waals surface area contributed by atoms with Crippen LogP contribution in [0, 0.1) is 5.92 Å². The Labute approximate surface area is 163 Å². The minimum atomic E-state index is 0.230. The van der Waals surface area contributed by atoms with Gasteiger partial charge in [0.1, 0.15) is 11.5 Å². The number of nitrogens with zero attached hydrogens (tertiary/aromatic N) is 1. The first-order valence-electron chi connectivity index (χ1n) is 10.2. The predicted molar refractivity (Wildman–Crippen MR) is 109 cm³/mol. The molecule has 0 bridgehead atoms. The molecule has 1 aliphatic carbocycles. The van der Waals surface area contributed by atoms with E-state index in [0.29, 0.717) is 24.3 Å². The van der Waals surface area contributed by atoms with Gasteiger partial charge in [-0.2, -0.15) is 0 Å². The lowest BCUT2D eigenvalue weighted by Gasteiger charge is -2.24. The van der Waals surface area contributed by atoms with Gasteiger partial charge in [0.15, 0.2) is 5.96 Å². The molecule has 1 aliphatic rings. The molecule has 1 saturated carbocycles. The van der Waals surface area contributed by atoms with Crippen molar-refractivity contribution >= 4 is 5.96 Å². The van der Waals surface area contributed by atoms with Crippen LogP contribution < -0.4 is 15.4 Å². The molecule has 6 nitrogen and oxygen atoms in total. The maximum Gasteiger partial charge on any atom is 0.191 e. The summed E-state index contributed by atoms with van der Waals surface area (Å²) in [5.74, 6) is 2.39. The molecule has 6 heteroatoms. The van der Waals surface area contributed by atoms with Gasteiger partial charge in [-0.25, -0.2) is 4.99 Å². The standard InChI is InChI=1S/C21H35N3O3/c1-4-22-21(24-15-17-14-18(26-3)10-11-19(17)25)23-13-12-20(27-5-2)16-8-6-7-9-16/h10-11,14,16,20,25H,4-9,12-13,15H2,1-3H3,(H2,22,23,24). The Hall–Kier alpha value is -1.95. The van der Waals surface area contributed by atoms with Crippen molar-refractivity contribution in [1.29, 1.82) is 0 Å². The van der Waals surface area contributed by atoms with Crippen LogP contribution in [0.15, 0.2) is 23.2 Å². The van der Waals surface area contributed by atoms with E-state index >= 15 is 0 Å². The van der Waals surface area contributed by atoms with Gasteiger partial charge in [-0.05, 0) is 57.2 Å². The Bertz CT molecular complexity index is 586. The minimum absolute atomic E-state index is 0.230. The number of methoxy groups -OCH3 is 1. The van der Waals surface area contributed by atoms with Crippen LogP contribution in [0.1, 0.15) is 51.5 Å². The largest absolute Gasteiger partial charge is 0.508 e. The fourth-order valence-corrected chi connectivity index (χ4v) is 3.65. The lowest BCUT2D eigenvalue weighted by molar-refractivity contribution is 0.0169. The van der Waals surface area contributed by atoms with Crippen molar-refractivity contribution in [3.8, 4) is 11.5 Å². The van der Waals surface area contributed by atoms with Crippen LogP contribution >= 0.6 is 0 Å². The molecule has 2 rings (SSSR count). The summed E-state index contributed by atoms with van der Waals surface area (Å²) in [5, 5.41) is 16.7. The predicted octanol–water partition coefficient (Wildman–Crippen LogP) is 3.44. The average molecular weight is 378 g/mol. The molecule has 0 heterocycles. The van der Waals surface area contributed by atoms with Gasteiger partial charge in [0.05, 0.1) is 19.8 Å². The summed E-state index contributed by atoms with van der Waals surface area (Å²) in [6.45, 7) is 6.87. The molecular formula is C21H35N3O3.